The van der Waals surface area contributed by atoms with E-state index in [0.29, 0.717) is 19.3 Å². The topological polar surface area (TPSA) is 95.9 Å². The Hall–Kier alpha value is -2.18. The molecule has 0 aliphatic heterocycles. The number of carbonyl (C=O) groups is 2. The van der Waals surface area contributed by atoms with Crippen molar-refractivity contribution in [1.29, 1.82) is 0 Å². The summed E-state index contributed by atoms with van der Waals surface area (Å²) in [4.78, 5) is 26.1. The van der Waals surface area contributed by atoms with Gasteiger partial charge in [-0.05, 0) is 70.6 Å². The Labute approximate surface area is 372 Å². The van der Waals surface area contributed by atoms with Crippen LogP contribution in [-0.4, -0.2) is 46.9 Å². The van der Waals surface area contributed by atoms with Crippen LogP contribution in [-0.2, 0) is 14.3 Å². The number of allylic oxidation sites excluding steroid dienone is 8. The minimum atomic E-state index is -0.797. The number of nitrogens with one attached hydrogen (secondary N) is 1. The van der Waals surface area contributed by atoms with Gasteiger partial charge in [0.25, 0.3) is 0 Å². The number of rotatable bonds is 46. The zero-order valence-electron chi connectivity index (χ0n) is 39.8. The van der Waals surface area contributed by atoms with E-state index in [4.69, 9.17) is 4.74 Å². The molecule has 0 saturated heterocycles. The van der Waals surface area contributed by atoms with E-state index in [9.17, 15) is 19.8 Å². The molecule has 0 bridgehead atoms. The van der Waals surface area contributed by atoms with Crippen LogP contribution in [0.5, 0.6) is 0 Å². The van der Waals surface area contributed by atoms with Gasteiger partial charge in [-0.2, -0.15) is 0 Å². The van der Waals surface area contributed by atoms with E-state index in [-0.39, 0.29) is 24.9 Å². The van der Waals surface area contributed by atoms with Gasteiger partial charge in [0.15, 0.2) is 0 Å². The van der Waals surface area contributed by atoms with Gasteiger partial charge in [-0.3, -0.25) is 9.59 Å². The molecule has 0 aliphatic carbocycles. The molecule has 1 amide bonds. The highest BCUT2D eigenvalue weighted by atomic mass is 16.5. The summed E-state index contributed by atoms with van der Waals surface area (Å²) in [6.07, 6.45) is 57.5. The average molecular weight is 842 g/mol. The van der Waals surface area contributed by atoms with Crippen molar-refractivity contribution in [3.05, 3.63) is 48.6 Å². The quantitative estimate of drug-likeness (QED) is 0.0246. The van der Waals surface area contributed by atoms with Crippen LogP contribution >= 0.6 is 0 Å². The number of amides is 1. The van der Waals surface area contributed by atoms with Gasteiger partial charge in [-0.1, -0.05) is 223 Å². The Balaban J connectivity index is 4.55. The van der Waals surface area contributed by atoms with E-state index >= 15 is 0 Å². The fourth-order valence-corrected chi connectivity index (χ4v) is 7.78. The smallest absolute Gasteiger partial charge is 0.306 e. The van der Waals surface area contributed by atoms with Gasteiger partial charge >= 0.3 is 5.97 Å². The van der Waals surface area contributed by atoms with Crippen molar-refractivity contribution in [1.82, 2.24) is 5.32 Å². The van der Waals surface area contributed by atoms with Crippen molar-refractivity contribution >= 4 is 11.9 Å². The summed E-state index contributed by atoms with van der Waals surface area (Å²) in [6, 6.07) is -0.713. The summed E-state index contributed by atoms with van der Waals surface area (Å²) >= 11 is 0. The van der Waals surface area contributed by atoms with Crippen LogP contribution in [0.3, 0.4) is 0 Å². The maximum Gasteiger partial charge on any atom is 0.306 e. The molecule has 0 heterocycles. The van der Waals surface area contributed by atoms with Crippen LogP contribution in [0.2, 0.25) is 0 Å². The van der Waals surface area contributed by atoms with E-state index in [2.05, 4.69) is 62.5 Å². The van der Waals surface area contributed by atoms with Crippen LogP contribution in [0.1, 0.15) is 258 Å². The second-order valence-electron chi connectivity index (χ2n) is 17.6. The predicted molar refractivity (Wildman–Crippen MR) is 259 cm³/mol. The molecule has 0 saturated carbocycles. The molecule has 0 aliphatic rings. The lowest BCUT2D eigenvalue weighted by Crippen LogP contribution is -2.46. The Morgan fingerprint density at radius 1 is 0.500 bits per heavy atom. The summed E-state index contributed by atoms with van der Waals surface area (Å²) in [7, 11) is 0. The first-order valence-electron chi connectivity index (χ1n) is 25.9. The highest BCUT2D eigenvalue weighted by molar-refractivity contribution is 5.77. The van der Waals surface area contributed by atoms with Gasteiger partial charge in [-0.15, -0.1) is 0 Å². The van der Waals surface area contributed by atoms with Crippen LogP contribution in [0.15, 0.2) is 48.6 Å². The van der Waals surface area contributed by atoms with Crippen LogP contribution in [0, 0.1) is 0 Å². The normalized spacial score (nSPS) is 13.6. The van der Waals surface area contributed by atoms with E-state index < -0.39 is 18.2 Å². The summed E-state index contributed by atoms with van der Waals surface area (Å²) < 4.78 is 5.91. The number of carbonyl (C=O) groups excluding carboxylic acids is 2. The predicted octanol–water partition coefficient (Wildman–Crippen LogP) is 15.5. The van der Waals surface area contributed by atoms with Gasteiger partial charge in [-0.25, -0.2) is 0 Å². The fourth-order valence-electron chi connectivity index (χ4n) is 7.78. The highest BCUT2D eigenvalue weighted by Crippen LogP contribution is 2.17. The SMILES string of the molecule is CC/C=C/C=C/C=C\CCCCCC(CC(=O)NC(CO)C(O)CCCCCCCCCCCCCCCC)OC(=O)CCCCCCC/C=C/CCCCCCCCC. The molecular weight excluding hydrogens is 743 g/mol. The molecule has 0 fully saturated rings. The molecule has 6 heteroatoms. The summed E-state index contributed by atoms with van der Waals surface area (Å²) in [5, 5.41) is 23.7. The standard InChI is InChI=1S/C54H99NO5/c1-4-7-10-13-16-19-22-24-26-27-29-32-35-38-41-44-47-54(59)60-50(45-42-39-36-33-30-21-18-15-12-9-6-3)48-53(58)55-51(49-56)52(57)46-43-40-37-34-31-28-25-23-20-17-14-11-8-5-2/h9,12,15,18,21,26-27,30,50-52,56-57H,4-8,10-11,13-14,16-17,19-20,22-25,28-29,31-49H2,1-3H3,(H,55,58)/b12-9+,18-15+,27-26+,30-21-. The molecule has 350 valence electrons. The lowest BCUT2D eigenvalue weighted by molar-refractivity contribution is -0.151. The zero-order valence-corrected chi connectivity index (χ0v) is 39.8. The van der Waals surface area contributed by atoms with Crippen molar-refractivity contribution in [2.45, 2.75) is 277 Å². The first-order chi connectivity index (χ1) is 29.5. The van der Waals surface area contributed by atoms with Gasteiger partial charge in [0.2, 0.25) is 5.91 Å². The first kappa shape index (κ1) is 57.8. The Bertz CT molecular complexity index is 1040. The van der Waals surface area contributed by atoms with Crippen LogP contribution in [0.25, 0.3) is 0 Å². The van der Waals surface area contributed by atoms with Crippen molar-refractivity contribution < 1.29 is 24.5 Å². The fraction of sp³-hybridized carbons (Fsp3) is 0.815. The first-order valence-corrected chi connectivity index (χ1v) is 25.9. The number of esters is 1. The lowest BCUT2D eigenvalue weighted by atomic mass is 10.0. The average Bonchev–Trinajstić information content (AvgIpc) is 3.24. The second-order valence-corrected chi connectivity index (χ2v) is 17.6. The minimum absolute atomic E-state index is 0.0519. The van der Waals surface area contributed by atoms with E-state index in [1.54, 1.807) is 0 Å². The van der Waals surface area contributed by atoms with Crippen molar-refractivity contribution in [3.8, 4) is 0 Å². The van der Waals surface area contributed by atoms with Crippen molar-refractivity contribution in [2.24, 2.45) is 0 Å². The van der Waals surface area contributed by atoms with Gasteiger partial charge in [0.1, 0.15) is 6.10 Å². The number of unbranched alkanes of at least 4 members (excludes halogenated alkanes) is 28. The van der Waals surface area contributed by atoms with E-state index in [0.717, 1.165) is 77.0 Å². The molecule has 60 heavy (non-hydrogen) atoms. The molecule has 0 aromatic heterocycles. The molecule has 0 spiro atoms. The van der Waals surface area contributed by atoms with Gasteiger partial charge < -0.3 is 20.3 Å². The zero-order chi connectivity index (χ0) is 43.8. The Morgan fingerprint density at radius 3 is 1.42 bits per heavy atom. The third-order valence-electron chi connectivity index (χ3n) is 11.7. The minimum Gasteiger partial charge on any atom is -0.462 e. The molecule has 3 N–H and O–H groups in total. The number of hydrogen-bond donors (Lipinski definition) is 3. The maximum absolute atomic E-state index is 13.2. The molecular formula is C54H99NO5. The molecule has 0 aromatic carbocycles. The van der Waals surface area contributed by atoms with Crippen LogP contribution < -0.4 is 5.32 Å². The summed E-state index contributed by atoms with van der Waals surface area (Å²) in [6.45, 7) is 6.34. The van der Waals surface area contributed by atoms with Crippen molar-refractivity contribution in [2.75, 3.05) is 6.61 Å². The maximum atomic E-state index is 13.2. The number of aliphatic hydroxyl groups excluding tert-OH is 2. The number of ether oxygens (including phenoxy) is 1. The van der Waals surface area contributed by atoms with Gasteiger partial charge in [0, 0.05) is 6.42 Å². The summed E-state index contributed by atoms with van der Waals surface area (Å²) in [5.74, 6) is -0.514. The molecule has 0 aromatic rings. The summed E-state index contributed by atoms with van der Waals surface area (Å²) in [5.41, 5.74) is 0. The second kappa shape index (κ2) is 47.9. The third kappa shape index (κ3) is 42.5. The third-order valence-corrected chi connectivity index (χ3v) is 11.7. The Morgan fingerprint density at radius 2 is 0.917 bits per heavy atom. The monoisotopic (exact) mass is 842 g/mol. The van der Waals surface area contributed by atoms with Crippen LogP contribution in [0.4, 0.5) is 0 Å². The molecule has 0 rings (SSSR count). The highest BCUT2D eigenvalue weighted by Gasteiger charge is 2.24. The largest absolute Gasteiger partial charge is 0.462 e. The molecule has 6 nitrogen and oxygen atoms in total. The van der Waals surface area contributed by atoms with E-state index in [1.165, 1.54) is 135 Å². The number of aliphatic hydroxyl groups is 2. The molecule has 3 atom stereocenters. The van der Waals surface area contributed by atoms with Crippen molar-refractivity contribution in [3.63, 3.8) is 0 Å². The lowest BCUT2D eigenvalue weighted by Gasteiger charge is -2.24. The molecule has 0 radical (unpaired) electrons. The number of hydrogen-bond acceptors (Lipinski definition) is 5. The Kier molecular flexibility index (Phi) is 46.1. The van der Waals surface area contributed by atoms with E-state index in [1.807, 2.05) is 12.2 Å². The van der Waals surface area contributed by atoms with Gasteiger partial charge in [0.05, 0.1) is 25.2 Å². The molecule has 3 unspecified atom stereocenters.